The van der Waals surface area contributed by atoms with Crippen molar-refractivity contribution in [1.29, 1.82) is 0 Å². The molecule has 0 saturated heterocycles. The second-order valence-electron chi connectivity index (χ2n) is 6.51. The lowest BCUT2D eigenvalue weighted by Crippen LogP contribution is -2.27. The number of benzene rings is 2. The number of amides is 1. The smallest absolute Gasteiger partial charge is 0.240 e. The van der Waals surface area contributed by atoms with Crippen molar-refractivity contribution in [2.24, 2.45) is 0 Å². The Bertz CT molecular complexity index is 933. The summed E-state index contributed by atoms with van der Waals surface area (Å²) in [4.78, 5) is 12.1. The molecule has 0 radical (unpaired) electrons. The van der Waals surface area contributed by atoms with E-state index in [1.807, 2.05) is 13.8 Å². The van der Waals surface area contributed by atoms with Gasteiger partial charge in [0.25, 0.3) is 0 Å². The SMILES string of the molecule is CCCOc1ccc(NC(=O)CCNS(=O)(=O)c2ccc(F)cc2)cc1OCCC. The molecule has 2 aromatic rings. The van der Waals surface area contributed by atoms with Crippen LogP contribution in [0.2, 0.25) is 0 Å². The maximum absolute atomic E-state index is 12.9. The highest BCUT2D eigenvalue weighted by molar-refractivity contribution is 7.89. The number of sulfonamides is 1. The molecule has 0 heterocycles. The van der Waals surface area contributed by atoms with Crippen LogP contribution >= 0.6 is 0 Å². The van der Waals surface area contributed by atoms with Gasteiger partial charge in [0.05, 0.1) is 18.1 Å². The number of halogens is 1. The van der Waals surface area contributed by atoms with E-state index in [1.54, 1.807) is 18.2 Å². The topological polar surface area (TPSA) is 93.7 Å². The Kier molecular flexibility index (Phi) is 9.07. The number of hydrogen-bond acceptors (Lipinski definition) is 5. The molecule has 9 heteroatoms. The van der Waals surface area contributed by atoms with Crippen LogP contribution in [0.15, 0.2) is 47.4 Å². The minimum absolute atomic E-state index is 0.0651. The van der Waals surface area contributed by atoms with Crippen molar-refractivity contribution in [3.05, 3.63) is 48.3 Å². The van der Waals surface area contributed by atoms with Gasteiger partial charge in [-0.3, -0.25) is 4.79 Å². The van der Waals surface area contributed by atoms with Crippen molar-refractivity contribution in [2.75, 3.05) is 25.1 Å². The van der Waals surface area contributed by atoms with E-state index in [0.29, 0.717) is 30.4 Å². The van der Waals surface area contributed by atoms with E-state index in [9.17, 15) is 17.6 Å². The van der Waals surface area contributed by atoms with Crippen LogP contribution in [0.25, 0.3) is 0 Å². The summed E-state index contributed by atoms with van der Waals surface area (Å²) in [5.74, 6) is 0.262. The molecule has 1 amide bonds. The van der Waals surface area contributed by atoms with E-state index in [0.717, 1.165) is 37.1 Å². The van der Waals surface area contributed by atoms with E-state index < -0.39 is 15.8 Å². The van der Waals surface area contributed by atoms with Gasteiger partial charge in [-0.2, -0.15) is 0 Å². The van der Waals surface area contributed by atoms with E-state index in [1.165, 1.54) is 0 Å². The number of rotatable bonds is 12. The van der Waals surface area contributed by atoms with Crippen LogP contribution in [0.4, 0.5) is 10.1 Å². The first-order valence-corrected chi connectivity index (χ1v) is 11.3. The van der Waals surface area contributed by atoms with E-state index in [2.05, 4.69) is 10.0 Å². The first-order chi connectivity index (χ1) is 14.4. The Morgan fingerprint density at radius 3 is 2.23 bits per heavy atom. The van der Waals surface area contributed by atoms with Crippen molar-refractivity contribution in [1.82, 2.24) is 4.72 Å². The minimum atomic E-state index is -3.81. The zero-order valence-corrected chi connectivity index (χ0v) is 17.9. The molecular weight excluding hydrogens is 411 g/mol. The Hall–Kier alpha value is -2.65. The summed E-state index contributed by atoms with van der Waals surface area (Å²) in [5.41, 5.74) is 0.524. The summed E-state index contributed by atoms with van der Waals surface area (Å²) in [5, 5.41) is 2.72. The molecule has 0 unspecified atom stereocenters. The second kappa shape index (κ2) is 11.5. The van der Waals surface area contributed by atoms with Gasteiger partial charge < -0.3 is 14.8 Å². The Morgan fingerprint density at radius 1 is 0.967 bits per heavy atom. The quantitative estimate of drug-likeness (QED) is 0.527. The first kappa shape index (κ1) is 23.6. The fourth-order valence-corrected chi connectivity index (χ4v) is 3.49. The molecule has 0 aromatic heterocycles. The molecular formula is C21H27FN2O5S. The summed E-state index contributed by atoms with van der Waals surface area (Å²) >= 11 is 0. The molecule has 164 valence electrons. The fraction of sp³-hybridized carbons (Fsp3) is 0.381. The average molecular weight is 439 g/mol. The van der Waals surface area contributed by atoms with Crippen molar-refractivity contribution >= 4 is 21.6 Å². The fourth-order valence-electron chi connectivity index (χ4n) is 2.46. The molecule has 2 N–H and O–H groups in total. The van der Waals surface area contributed by atoms with Crippen molar-refractivity contribution in [3.63, 3.8) is 0 Å². The number of nitrogens with one attached hydrogen (secondary N) is 2. The van der Waals surface area contributed by atoms with Crippen LogP contribution in [0, 0.1) is 5.82 Å². The van der Waals surface area contributed by atoms with Gasteiger partial charge in [-0.1, -0.05) is 13.8 Å². The lowest BCUT2D eigenvalue weighted by molar-refractivity contribution is -0.116. The number of ether oxygens (including phenoxy) is 2. The lowest BCUT2D eigenvalue weighted by Gasteiger charge is -2.14. The van der Waals surface area contributed by atoms with E-state index in [4.69, 9.17) is 9.47 Å². The predicted octanol–water partition coefficient (Wildman–Crippen LogP) is 3.71. The monoisotopic (exact) mass is 438 g/mol. The van der Waals surface area contributed by atoms with Crippen molar-refractivity contribution in [2.45, 2.75) is 38.0 Å². The van der Waals surface area contributed by atoms with E-state index >= 15 is 0 Å². The standard InChI is InChI=1S/C21H27FN2O5S/c1-3-13-28-19-10-7-17(15-20(19)29-14-4-2)24-21(25)11-12-23-30(26,27)18-8-5-16(22)6-9-18/h5-10,15,23H,3-4,11-14H2,1-2H3,(H,24,25). The maximum atomic E-state index is 12.9. The maximum Gasteiger partial charge on any atom is 0.240 e. The van der Waals surface area contributed by atoms with Gasteiger partial charge in [-0.05, 0) is 49.2 Å². The average Bonchev–Trinajstić information content (AvgIpc) is 2.71. The number of hydrogen-bond donors (Lipinski definition) is 2. The molecule has 7 nitrogen and oxygen atoms in total. The molecule has 2 rings (SSSR count). The number of anilines is 1. The van der Waals surface area contributed by atoms with E-state index in [-0.39, 0.29) is 23.8 Å². The van der Waals surface area contributed by atoms with Gasteiger partial charge in [0.1, 0.15) is 5.82 Å². The van der Waals surface area contributed by atoms with Gasteiger partial charge in [-0.25, -0.2) is 17.5 Å². The molecule has 0 bridgehead atoms. The second-order valence-corrected chi connectivity index (χ2v) is 8.28. The Balaban J connectivity index is 1.92. The highest BCUT2D eigenvalue weighted by Gasteiger charge is 2.15. The summed E-state index contributed by atoms with van der Waals surface area (Å²) in [7, 11) is -3.81. The molecule has 0 aliphatic rings. The van der Waals surface area contributed by atoms with Crippen LogP contribution in [0.1, 0.15) is 33.1 Å². The van der Waals surface area contributed by atoms with Crippen molar-refractivity contribution in [3.8, 4) is 11.5 Å². The summed E-state index contributed by atoms with van der Waals surface area (Å²) in [6.07, 6.45) is 1.62. The third kappa shape index (κ3) is 7.31. The largest absolute Gasteiger partial charge is 0.490 e. The van der Waals surface area contributed by atoms with Crippen LogP contribution < -0.4 is 19.5 Å². The number of carbonyl (C=O) groups is 1. The van der Waals surface area contributed by atoms with Gasteiger partial charge in [0.2, 0.25) is 15.9 Å². The van der Waals surface area contributed by atoms with Gasteiger partial charge >= 0.3 is 0 Å². The normalized spacial score (nSPS) is 11.2. The highest BCUT2D eigenvalue weighted by Crippen LogP contribution is 2.31. The molecule has 0 spiro atoms. The van der Waals surface area contributed by atoms with Gasteiger partial charge in [0, 0.05) is 24.7 Å². The van der Waals surface area contributed by atoms with Gasteiger partial charge in [0.15, 0.2) is 11.5 Å². The Labute approximate surface area is 176 Å². The molecule has 0 aliphatic heterocycles. The predicted molar refractivity (Wildman–Crippen MR) is 113 cm³/mol. The van der Waals surface area contributed by atoms with Crippen LogP contribution in [0.5, 0.6) is 11.5 Å². The van der Waals surface area contributed by atoms with Crippen LogP contribution in [-0.4, -0.2) is 34.1 Å². The zero-order chi connectivity index (χ0) is 22.0. The zero-order valence-electron chi connectivity index (χ0n) is 17.1. The summed E-state index contributed by atoms with van der Waals surface area (Å²) < 4.78 is 50.9. The molecule has 2 aromatic carbocycles. The highest BCUT2D eigenvalue weighted by atomic mass is 32.2. The third-order valence-electron chi connectivity index (χ3n) is 3.92. The lowest BCUT2D eigenvalue weighted by atomic mass is 10.2. The molecule has 0 atom stereocenters. The van der Waals surface area contributed by atoms with Crippen LogP contribution in [0.3, 0.4) is 0 Å². The van der Waals surface area contributed by atoms with Gasteiger partial charge in [-0.15, -0.1) is 0 Å². The molecule has 0 fully saturated rings. The minimum Gasteiger partial charge on any atom is -0.490 e. The van der Waals surface area contributed by atoms with Crippen molar-refractivity contribution < 1.29 is 27.1 Å². The number of carbonyl (C=O) groups excluding carboxylic acids is 1. The molecule has 0 aliphatic carbocycles. The summed E-state index contributed by atoms with van der Waals surface area (Å²) in [6, 6.07) is 9.56. The van der Waals surface area contributed by atoms with Crippen LogP contribution in [-0.2, 0) is 14.8 Å². The third-order valence-corrected chi connectivity index (χ3v) is 5.40. The molecule has 0 saturated carbocycles. The Morgan fingerprint density at radius 2 is 1.60 bits per heavy atom. The molecule has 30 heavy (non-hydrogen) atoms. The first-order valence-electron chi connectivity index (χ1n) is 9.80. The summed E-state index contributed by atoms with van der Waals surface area (Å²) in [6.45, 7) is 4.98.